The normalized spacial score (nSPS) is 13.2. The van der Waals surface area contributed by atoms with Crippen molar-refractivity contribution < 1.29 is 33.0 Å². The van der Waals surface area contributed by atoms with E-state index in [2.05, 4.69) is 0 Å². The number of aliphatic carboxylic acids is 1. The standard InChI is InChI=1S/C8H12F3NO4/c9-8(10,11)3-1-6(14)12-5(2-4-13)7(15)16/h5,13H,1-4H2,(H,12,14)(H,15,16)/t5-/m1/s1. The largest absolute Gasteiger partial charge is 0.480 e. The van der Waals surface area contributed by atoms with Gasteiger partial charge in [0.15, 0.2) is 0 Å². The summed E-state index contributed by atoms with van der Waals surface area (Å²) in [6.07, 6.45) is -6.82. The first-order valence-electron chi connectivity index (χ1n) is 4.46. The maximum Gasteiger partial charge on any atom is 0.389 e. The molecule has 0 saturated carbocycles. The fourth-order valence-corrected chi connectivity index (χ4v) is 0.908. The zero-order chi connectivity index (χ0) is 12.8. The number of aliphatic hydroxyl groups excluding tert-OH is 1. The number of hydrogen-bond donors (Lipinski definition) is 3. The molecule has 0 aliphatic rings. The van der Waals surface area contributed by atoms with E-state index in [0.717, 1.165) is 0 Å². The molecule has 5 nitrogen and oxygen atoms in total. The highest BCUT2D eigenvalue weighted by atomic mass is 19.4. The number of carbonyl (C=O) groups excluding carboxylic acids is 1. The number of hydrogen-bond acceptors (Lipinski definition) is 3. The molecule has 0 saturated heterocycles. The van der Waals surface area contributed by atoms with Gasteiger partial charge in [-0.25, -0.2) is 4.79 Å². The zero-order valence-corrected chi connectivity index (χ0v) is 8.25. The third-order valence-electron chi connectivity index (χ3n) is 1.69. The van der Waals surface area contributed by atoms with E-state index in [4.69, 9.17) is 10.2 Å². The Morgan fingerprint density at radius 1 is 1.31 bits per heavy atom. The van der Waals surface area contributed by atoms with Crippen molar-refractivity contribution in [2.24, 2.45) is 0 Å². The second kappa shape index (κ2) is 6.31. The van der Waals surface area contributed by atoms with E-state index in [1.807, 2.05) is 5.32 Å². The molecule has 0 aromatic heterocycles. The molecule has 8 heteroatoms. The van der Waals surface area contributed by atoms with E-state index in [1.165, 1.54) is 0 Å². The van der Waals surface area contributed by atoms with Crippen LogP contribution in [0.2, 0.25) is 0 Å². The van der Waals surface area contributed by atoms with Crippen molar-refractivity contribution in [2.45, 2.75) is 31.5 Å². The Morgan fingerprint density at radius 2 is 1.88 bits per heavy atom. The Kier molecular flexibility index (Phi) is 5.79. The van der Waals surface area contributed by atoms with Crippen LogP contribution < -0.4 is 5.32 Å². The molecule has 0 bridgehead atoms. The highest BCUT2D eigenvalue weighted by Crippen LogP contribution is 2.21. The van der Waals surface area contributed by atoms with Crippen LogP contribution in [0.25, 0.3) is 0 Å². The van der Waals surface area contributed by atoms with Gasteiger partial charge in [0, 0.05) is 19.4 Å². The molecule has 1 amide bonds. The van der Waals surface area contributed by atoms with Gasteiger partial charge in [0.1, 0.15) is 6.04 Å². The van der Waals surface area contributed by atoms with E-state index in [0.29, 0.717) is 0 Å². The summed E-state index contributed by atoms with van der Waals surface area (Å²) in [5, 5.41) is 18.9. The number of amides is 1. The minimum absolute atomic E-state index is 0.243. The summed E-state index contributed by atoms with van der Waals surface area (Å²) in [5.74, 6) is -2.40. The molecule has 94 valence electrons. The number of nitrogens with one attached hydrogen (secondary N) is 1. The highest BCUT2D eigenvalue weighted by Gasteiger charge is 2.29. The number of halogens is 3. The summed E-state index contributed by atoms with van der Waals surface area (Å²) in [4.78, 5) is 21.4. The quantitative estimate of drug-likeness (QED) is 0.625. The third kappa shape index (κ3) is 7.04. The molecule has 0 fully saturated rings. The zero-order valence-electron chi connectivity index (χ0n) is 8.25. The molecule has 0 radical (unpaired) electrons. The van der Waals surface area contributed by atoms with Crippen LogP contribution in [0.5, 0.6) is 0 Å². The lowest BCUT2D eigenvalue weighted by molar-refractivity contribution is -0.147. The molecule has 1 atom stereocenters. The first-order valence-corrected chi connectivity index (χ1v) is 4.46. The number of alkyl halides is 3. The van der Waals surface area contributed by atoms with Crippen LogP contribution in [0.3, 0.4) is 0 Å². The lowest BCUT2D eigenvalue weighted by Gasteiger charge is -2.13. The summed E-state index contributed by atoms with van der Waals surface area (Å²) < 4.78 is 35.2. The summed E-state index contributed by atoms with van der Waals surface area (Å²) in [7, 11) is 0. The molecule has 16 heavy (non-hydrogen) atoms. The summed E-state index contributed by atoms with van der Waals surface area (Å²) in [6.45, 7) is -0.476. The first-order chi connectivity index (χ1) is 7.26. The van der Waals surface area contributed by atoms with Gasteiger partial charge in [-0.3, -0.25) is 4.79 Å². The number of carboxylic acid groups (broad SMARTS) is 1. The Morgan fingerprint density at radius 3 is 2.25 bits per heavy atom. The number of rotatable bonds is 6. The van der Waals surface area contributed by atoms with Crippen molar-refractivity contribution in [3.8, 4) is 0 Å². The fraction of sp³-hybridized carbons (Fsp3) is 0.750. The van der Waals surface area contributed by atoms with Gasteiger partial charge < -0.3 is 15.5 Å². The average Bonchev–Trinajstić information content (AvgIpc) is 2.13. The van der Waals surface area contributed by atoms with Crippen LogP contribution >= 0.6 is 0 Å². The van der Waals surface area contributed by atoms with Crippen molar-refractivity contribution >= 4 is 11.9 Å². The second-order valence-electron chi connectivity index (χ2n) is 3.09. The molecule has 0 heterocycles. The van der Waals surface area contributed by atoms with Crippen LogP contribution in [0.4, 0.5) is 13.2 Å². The summed E-state index contributed by atoms with van der Waals surface area (Å²) in [6, 6.07) is -1.36. The van der Waals surface area contributed by atoms with Crippen molar-refractivity contribution in [3.63, 3.8) is 0 Å². The maximum atomic E-state index is 11.7. The SMILES string of the molecule is O=C(CCC(F)(F)F)N[C@H](CCO)C(=O)O. The van der Waals surface area contributed by atoms with Crippen LogP contribution in [-0.4, -0.2) is 40.9 Å². The third-order valence-corrected chi connectivity index (χ3v) is 1.69. The monoisotopic (exact) mass is 243 g/mol. The van der Waals surface area contributed by atoms with Crippen molar-refractivity contribution in [1.29, 1.82) is 0 Å². The fourth-order valence-electron chi connectivity index (χ4n) is 0.908. The Balaban J connectivity index is 4.05. The molecule has 0 unspecified atom stereocenters. The number of carbonyl (C=O) groups is 2. The Bertz CT molecular complexity index is 254. The van der Waals surface area contributed by atoms with Gasteiger partial charge in [-0.2, -0.15) is 13.2 Å². The summed E-state index contributed by atoms with van der Waals surface area (Å²) >= 11 is 0. The Hall–Kier alpha value is -1.31. The van der Waals surface area contributed by atoms with Gasteiger partial charge in [-0.1, -0.05) is 0 Å². The van der Waals surface area contributed by atoms with Gasteiger partial charge in [-0.15, -0.1) is 0 Å². The molecule has 0 aliphatic heterocycles. The highest BCUT2D eigenvalue weighted by molar-refractivity contribution is 5.83. The number of carboxylic acids is 1. The molecule has 0 aliphatic carbocycles. The minimum Gasteiger partial charge on any atom is -0.480 e. The van der Waals surface area contributed by atoms with Gasteiger partial charge in [-0.05, 0) is 0 Å². The number of aliphatic hydroxyl groups is 1. The topological polar surface area (TPSA) is 86.6 Å². The lowest BCUT2D eigenvalue weighted by Crippen LogP contribution is -2.41. The molecular weight excluding hydrogens is 231 g/mol. The second-order valence-corrected chi connectivity index (χ2v) is 3.09. The minimum atomic E-state index is -4.45. The van der Waals surface area contributed by atoms with Crippen molar-refractivity contribution in [1.82, 2.24) is 5.32 Å². The average molecular weight is 243 g/mol. The smallest absolute Gasteiger partial charge is 0.389 e. The van der Waals surface area contributed by atoms with E-state index in [1.54, 1.807) is 0 Å². The van der Waals surface area contributed by atoms with E-state index in [9.17, 15) is 22.8 Å². The van der Waals surface area contributed by atoms with E-state index >= 15 is 0 Å². The van der Waals surface area contributed by atoms with E-state index in [-0.39, 0.29) is 6.42 Å². The molecule has 0 aromatic carbocycles. The molecule has 0 rings (SSSR count). The molecular formula is C8H12F3NO4. The first kappa shape index (κ1) is 14.7. The van der Waals surface area contributed by atoms with Crippen LogP contribution in [0.15, 0.2) is 0 Å². The van der Waals surface area contributed by atoms with Gasteiger partial charge in [0.2, 0.25) is 5.91 Å². The van der Waals surface area contributed by atoms with Gasteiger partial charge in [0.25, 0.3) is 0 Å². The van der Waals surface area contributed by atoms with Crippen LogP contribution in [-0.2, 0) is 9.59 Å². The van der Waals surface area contributed by atoms with Gasteiger partial charge >= 0.3 is 12.1 Å². The van der Waals surface area contributed by atoms with Crippen molar-refractivity contribution in [3.05, 3.63) is 0 Å². The van der Waals surface area contributed by atoms with Gasteiger partial charge in [0.05, 0.1) is 6.42 Å². The van der Waals surface area contributed by atoms with Crippen molar-refractivity contribution in [2.75, 3.05) is 6.61 Å². The Labute approximate surface area is 89.3 Å². The summed E-state index contributed by atoms with van der Waals surface area (Å²) in [5.41, 5.74) is 0. The predicted molar refractivity (Wildman–Crippen MR) is 46.6 cm³/mol. The molecule has 0 spiro atoms. The van der Waals surface area contributed by atoms with Crippen LogP contribution in [0, 0.1) is 0 Å². The maximum absolute atomic E-state index is 11.7. The lowest BCUT2D eigenvalue weighted by atomic mass is 10.2. The predicted octanol–water partition coefficient (Wildman–Crippen LogP) is 0.281. The molecule has 0 aromatic rings. The molecule has 3 N–H and O–H groups in total. The van der Waals surface area contributed by atoms with Crippen LogP contribution in [0.1, 0.15) is 19.3 Å². The van der Waals surface area contributed by atoms with E-state index < -0.39 is 43.5 Å².